The van der Waals surface area contributed by atoms with Crippen LogP contribution in [-0.4, -0.2) is 28.8 Å². The number of benzene rings is 1. The predicted molar refractivity (Wildman–Crippen MR) is 76.1 cm³/mol. The summed E-state index contributed by atoms with van der Waals surface area (Å²) in [6.45, 7) is 5.12. The standard InChI is InChI=1S/C14H23N3O2/c1-10(2)13(6-7-18)16-9-11-4-3-5-12(8-11)14(15)17-19/h3-5,8,10,13,16,18-19H,6-7,9H2,1-2H3,(H2,15,17). The summed E-state index contributed by atoms with van der Waals surface area (Å²) < 4.78 is 0. The number of oxime groups is 1. The fraction of sp³-hybridized carbons (Fsp3) is 0.500. The molecule has 0 aromatic heterocycles. The third kappa shape index (κ3) is 4.89. The molecule has 1 unspecified atom stereocenters. The number of rotatable bonds is 7. The number of hydrogen-bond acceptors (Lipinski definition) is 4. The van der Waals surface area contributed by atoms with Crippen LogP contribution in [0.1, 0.15) is 31.4 Å². The van der Waals surface area contributed by atoms with Crippen LogP contribution in [0.25, 0.3) is 0 Å². The number of nitrogens with one attached hydrogen (secondary N) is 1. The minimum absolute atomic E-state index is 0.109. The molecule has 0 radical (unpaired) electrons. The highest BCUT2D eigenvalue weighted by atomic mass is 16.4. The normalized spacial score (nSPS) is 13.8. The van der Waals surface area contributed by atoms with Gasteiger partial charge in [-0.2, -0.15) is 0 Å². The highest BCUT2D eigenvalue weighted by molar-refractivity contribution is 5.97. The fourth-order valence-electron chi connectivity index (χ4n) is 1.96. The average Bonchev–Trinajstić information content (AvgIpc) is 2.42. The van der Waals surface area contributed by atoms with Gasteiger partial charge >= 0.3 is 0 Å². The lowest BCUT2D eigenvalue weighted by Gasteiger charge is -2.21. The number of nitrogens with two attached hydrogens (primary N) is 1. The van der Waals surface area contributed by atoms with Crippen LogP contribution in [0.2, 0.25) is 0 Å². The summed E-state index contributed by atoms with van der Waals surface area (Å²) in [7, 11) is 0. The van der Waals surface area contributed by atoms with Crippen LogP contribution < -0.4 is 11.1 Å². The summed E-state index contributed by atoms with van der Waals surface area (Å²) in [5.41, 5.74) is 7.32. The molecule has 0 spiro atoms. The molecule has 1 rings (SSSR count). The molecule has 19 heavy (non-hydrogen) atoms. The maximum absolute atomic E-state index is 9.03. The zero-order chi connectivity index (χ0) is 14.3. The molecule has 1 aromatic rings. The molecule has 0 saturated heterocycles. The van der Waals surface area contributed by atoms with E-state index < -0.39 is 0 Å². The second-order valence-corrected chi connectivity index (χ2v) is 4.93. The smallest absolute Gasteiger partial charge is 0.170 e. The number of nitrogens with zero attached hydrogens (tertiary/aromatic N) is 1. The van der Waals surface area contributed by atoms with Gasteiger partial charge in [0.05, 0.1) is 0 Å². The van der Waals surface area contributed by atoms with E-state index in [1.807, 2.05) is 18.2 Å². The van der Waals surface area contributed by atoms with E-state index in [4.69, 9.17) is 16.0 Å². The number of hydrogen-bond donors (Lipinski definition) is 4. The van der Waals surface area contributed by atoms with Crippen LogP contribution in [-0.2, 0) is 6.54 Å². The Kier molecular flexibility index (Phi) is 6.32. The van der Waals surface area contributed by atoms with Crippen molar-refractivity contribution in [3.8, 4) is 0 Å². The molecular weight excluding hydrogens is 242 g/mol. The molecule has 0 bridgehead atoms. The lowest BCUT2D eigenvalue weighted by atomic mass is 10.0. The molecular formula is C14H23N3O2. The first-order chi connectivity index (χ1) is 9.08. The van der Waals surface area contributed by atoms with Gasteiger partial charge < -0.3 is 21.4 Å². The van der Waals surface area contributed by atoms with E-state index in [0.717, 1.165) is 12.0 Å². The van der Waals surface area contributed by atoms with Crippen LogP contribution in [0.3, 0.4) is 0 Å². The van der Waals surface area contributed by atoms with Gasteiger partial charge in [-0.05, 0) is 24.0 Å². The maximum Gasteiger partial charge on any atom is 0.170 e. The third-order valence-corrected chi connectivity index (χ3v) is 3.14. The Hall–Kier alpha value is -1.59. The Labute approximate surface area is 114 Å². The summed E-state index contributed by atoms with van der Waals surface area (Å²) in [5, 5.41) is 24.1. The number of aliphatic hydroxyl groups excluding tert-OH is 1. The van der Waals surface area contributed by atoms with E-state index in [1.54, 1.807) is 6.07 Å². The number of aliphatic hydroxyl groups is 1. The predicted octanol–water partition coefficient (Wildman–Crippen LogP) is 1.28. The van der Waals surface area contributed by atoms with Crippen molar-refractivity contribution in [2.24, 2.45) is 16.8 Å². The Morgan fingerprint density at radius 3 is 2.74 bits per heavy atom. The SMILES string of the molecule is CC(C)C(CCO)NCc1cccc(/C(N)=N/O)c1. The van der Waals surface area contributed by atoms with Crippen molar-refractivity contribution in [3.05, 3.63) is 35.4 Å². The van der Waals surface area contributed by atoms with Gasteiger partial charge in [-0.3, -0.25) is 0 Å². The molecule has 0 heterocycles. The van der Waals surface area contributed by atoms with Crippen molar-refractivity contribution in [1.29, 1.82) is 0 Å². The van der Waals surface area contributed by atoms with Gasteiger partial charge in [-0.15, -0.1) is 0 Å². The van der Waals surface area contributed by atoms with Crippen molar-refractivity contribution in [1.82, 2.24) is 5.32 Å². The van der Waals surface area contributed by atoms with Crippen molar-refractivity contribution < 1.29 is 10.3 Å². The monoisotopic (exact) mass is 265 g/mol. The van der Waals surface area contributed by atoms with Crippen molar-refractivity contribution >= 4 is 5.84 Å². The zero-order valence-electron chi connectivity index (χ0n) is 11.5. The molecule has 0 saturated carbocycles. The molecule has 5 nitrogen and oxygen atoms in total. The summed E-state index contributed by atoms with van der Waals surface area (Å²) >= 11 is 0. The van der Waals surface area contributed by atoms with Crippen LogP contribution in [0.4, 0.5) is 0 Å². The number of amidine groups is 1. The van der Waals surface area contributed by atoms with Gasteiger partial charge in [-0.25, -0.2) is 0 Å². The molecule has 0 aliphatic rings. The van der Waals surface area contributed by atoms with E-state index in [1.165, 1.54) is 0 Å². The Morgan fingerprint density at radius 2 is 2.16 bits per heavy atom. The molecule has 1 aromatic carbocycles. The third-order valence-electron chi connectivity index (χ3n) is 3.14. The Balaban J connectivity index is 2.67. The van der Waals surface area contributed by atoms with Gasteiger partial charge in [-0.1, -0.05) is 37.2 Å². The minimum atomic E-state index is 0.109. The van der Waals surface area contributed by atoms with Crippen molar-refractivity contribution in [2.75, 3.05) is 6.61 Å². The quantitative estimate of drug-likeness (QED) is 0.259. The van der Waals surface area contributed by atoms with Crippen LogP contribution in [0.5, 0.6) is 0 Å². The molecule has 0 fully saturated rings. The highest BCUT2D eigenvalue weighted by Gasteiger charge is 2.12. The molecule has 0 aliphatic carbocycles. The van der Waals surface area contributed by atoms with E-state index in [0.29, 0.717) is 18.0 Å². The fourth-order valence-corrected chi connectivity index (χ4v) is 1.96. The lowest BCUT2D eigenvalue weighted by molar-refractivity contribution is 0.244. The van der Waals surface area contributed by atoms with Gasteiger partial charge in [0.25, 0.3) is 0 Å². The van der Waals surface area contributed by atoms with Gasteiger partial charge in [0.2, 0.25) is 0 Å². The van der Waals surface area contributed by atoms with Crippen LogP contribution >= 0.6 is 0 Å². The summed E-state index contributed by atoms with van der Waals surface area (Å²) in [6.07, 6.45) is 0.734. The van der Waals surface area contributed by atoms with Crippen LogP contribution in [0.15, 0.2) is 29.4 Å². The summed E-state index contributed by atoms with van der Waals surface area (Å²) in [6, 6.07) is 7.82. The van der Waals surface area contributed by atoms with E-state index in [2.05, 4.69) is 24.3 Å². The lowest BCUT2D eigenvalue weighted by Crippen LogP contribution is -2.34. The molecule has 106 valence electrons. The van der Waals surface area contributed by atoms with Gasteiger partial charge in [0.1, 0.15) is 0 Å². The average molecular weight is 265 g/mol. The topological polar surface area (TPSA) is 90.9 Å². The van der Waals surface area contributed by atoms with Crippen molar-refractivity contribution in [2.45, 2.75) is 32.9 Å². The second kappa shape index (κ2) is 7.76. The first-order valence-corrected chi connectivity index (χ1v) is 6.49. The van der Waals surface area contributed by atoms with E-state index in [-0.39, 0.29) is 18.5 Å². The minimum Gasteiger partial charge on any atom is -0.409 e. The first-order valence-electron chi connectivity index (χ1n) is 6.49. The van der Waals surface area contributed by atoms with Crippen molar-refractivity contribution in [3.63, 3.8) is 0 Å². The first kappa shape index (κ1) is 15.5. The molecule has 5 N–H and O–H groups in total. The zero-order valence-corrected chi connectivity index (χ0v) is 11.5. The highest BCUT2D eigenvalue weighted by Crippen LogP contribution is 2.09. The van der Waals surface area contributed by atoms with Gasteiger partial charge in [0, 0.05) is 24.8 Å². The second-order valence-electron chi connectivity index (χ2n) is 4.93. The molecule has 0 aliphatic heterocycles. The summed E-state index contributed by atoms with van der Waals surface area (Å²) in [5.74, 6) is 0.567. The van der Waals surface area contributed by atoms with E-state index in [9.17, 15) is 0 Å². The molecule has 0 amide bonds. The largest absolute Gasteiger partial charge is 0.409 e. The van der Waals surface area contributed by atoms with Gasteiger partial charge in [0.15, 0.2) is 5.84 Å². The van der Waals surface area contributed by atoms with E-state index >= 15 is 0 Å². The Bertz CT molecular complexity index is 419. The molecule has 1 atom stereocenters. The maximum atomic E-state index is 9.03. The Morgan fingerprint density at radius 1 is 1.42 bits per heavy atom. The summed E-state index contributed by atoms with van der Waals surface area (Å²) in [4.78, 5) is 0. The molecule has 5 heteroatoms. The van der Waals surface area contributed by atoms with Crippen LogP contribution in [0, 0.1) is 5.92 Å².